The number of para-hydroxylation sites is 1. The van der Waals surface area contributed by atoms with Crippen LogP contribution in [-0.2, 0) is 11.2 Å². The monoisotopic (exact) mass is 341 g/mol. The number of urea groups is 1. The zero-order valence-electron chi connectivity index (χ0n) is 14.7. The predicted molar refractivity (Wildman–Crippen MR) is 99.1 cm³/mol. The van der Waals surface area contributed by atoms with Crippen LogP contribution in [0.25, 0.3) is 0 Å². The topological polar surface area (TPSA) is 70.7 Å². The molecular weight excluding hydrogens is 318 g/mol. The number of carbonyl (C=O) groups is 2. The maximum Gasteiger partial charge on any atom is 0.322 e. The van der Waals surface area contributed by atoms with Crippen molar-refractivity contribution >= 4 is 23.3 Å². The van der Waals surface area contributed by atoms with Crippen LogP contribution < -0.4 is 15.4 Å². The van der Waals surface area contributed by atoms with E-state index < -0.39 is 0 Å². The largest absolute Gasteiger partial charge is 0.497 e. The molecule has 132 valence electrons. The minimum atomic E-state index is -0.368. The second kappa shape index (κ2) is 8.73. The van der Waals surface area contributed by atoms with E-state index in [2.05, 4.69) is 10.6 Å². The Hall–Kier alpha value is -3.02. The molecule has 0 aliphatic heterocycles. The van der Waals surface area contributed by atoms with Crippen molar-refractivity contribution in [1.29, 1.82) is 0 Å². The summed E-state index contributed by atoms with van der Waals surface area (Å²) < 4.78 is 5.12. The Morgan fingerprint density at radius 3 is 2.56 bits per heavy atom. The molecule has 2 aromatic carbocycles. The summed E-state index contributed by atoms with van der Waals surface area (Å²) in [6, 6.07) is 14.3. The lowest BCUT2D eigenvalue weighted by Gasteiger charge is -2.18. The van der Waals surface area contributed by atoms with Gasteiger partial charge in [0.1, 0.15) is 12.3 Å². The average molecular weight is 341 g/mol. The Balaban J connectivity index is 1.92. The lowest BCUT2D eigenvalue weighted by molar-refractivity contribution is -0.116. The predicted octanol–water partition coefficient (Wildman–Crippen LogP) is 3.36. The minimum Gasteiger partial charge on any atom is -0.497 e. The van der Waals surface area contributed by atoms with Gasteiger partial charge in [-0.3, -0.25) is 4.79 Å². The van der Waals surface area contributed by atoms with E-state index >= 15 is 0 Å². The Kier molecular flexibility index (Phi) is 6.39. The SMILES string of the molecule is CCc1ccccc1NC(=O)CN(C)C(=O)Nc1cccc(OC)c1. The van der Waals surface area contributed by atoms with Gasteiger partial charge in [0.2, 0.25) is 5.91 Å². The molecule has 0 aromatic heterocycles. The number of likely N-dealkylation sites (N-methyl/N-ethyl adjacent to an activating group) is 1. The highest BCUT2D eigenvalue weighted by Gasteiger charge is 2.14. The summed E-state index contributed by atoms with van der Waals surface area (Å²) in [4.78, 5) is 25.7. The third-order valence-corrected chi connectivity index (χ3v) is 3.72. The smallest absolute Gasteiger partial charge is 0.322 e. The van der Waals surface area contributed by atoms with Crippen LogP contribution in [-0.4, -0.2) is 37.5 Å². The number of methoxy groups -OCH3 is 1. The van der Waals surface area contributed by atoms with E-state index in [1.807, 2.05) is 31.2 Å². The van der Waals surface area contributed by atoms with Crippen LogP contribution in [0, 0.1) is 0 Å². The van der Waals surface area contributed by atoms with Crippen LogP contribution >= 0.6 is 0 Å². The number of rotatable bonds is 6. The zero-order chi connectivity index (χ0) is 18.2. The first-order valence-corrected chi connectivity index (χ1v) is 8.07. The second-order valence-electron chi connectivity index (χ2n) is 5.58. The number of aryl methyl sites for hydroxylation is 1. The summed E-state index contributed by atoms with van der Waals surface area (Å²) in [5, 5.41) is 5.58. The van der Waals surface area contributed by atoms with Crippen LogP contribution in [0.4, 0.5) is 16.2 Å². The quantitative estimate of drug-likeness (QED) is 0.846. The number of hydrogen-bond acceptors (Lipinski definition) is 3. The van der Waals surface area contributed by atoms with E-state index in [0.29, 0.717) is 11.4 Å². The molecule has 0 heterocycles. The van der Waals surface area contributed by atoms with E-state index in [4.69, 9.17) is 4.74 Å². The van der Waals surface area contributed by atoms with Crippen LogP contribution in [0.1, 0.15) is 12.5 Å². The van der Waals surface area contributed by atoms with Crippen LogP contribution in [0.2, 0.25) is 0 Å². The van der Waals surface area contributed by atoms with Crippen molar-refractivity contribution in [2.24, 2.45) is 0 Å². The molecule has 2 aromatic rings. The summed E-state index contributed by atoms with van der Waals surface area (Å²) in [7, 11) is 3.13. The van der Waals surface area contributed by atoms with Gasteiger partial charge in [0.25, 0.3) is 0 Å². The van der Waals surface area contributed by atoms with Gasteiger partial charge in [-0.15, -0.1) is 0 Å². The fourth-order valence-electron chi connectivity index (χ4n) is 2.35. The molecule has 0 atom stereocenters. The van der Waals surface area contributed by atoms with Crippen LogP contribution in [0.5, 0.6) is 5.75 Å². The lowest BCUT2D eigenvalue weighted by atomic mass is 10.1. The van der Waals surface area contributed by atoms with Crippen LogP contribution in [0.15, 0.2) is 48.5 Å². The fourth-order valence-corrected chi connectivity index (χ4v) is 2.35. The second-order valence-corrected chi connectivity index (χ2v) is 5.58. The van der Waals surface area contributed by atoms with Gasteiger partial charge in [-0.05, 0) is 30.2 Å². The maximum absolute atomic E-state index is 12.2. The van der Waals surface area contributed by atoms with Crippen molar-refractivity contribution in [2.45, 2.75) is 13.3 Å². The molecule has 25 heavy (non-hydrogen) atoms. The first-order valence-electron chi connectivity index (χ1n) is 8.07. The molecule has 0 aliphatic rings. The van der Waals surface area contributed by atoms with Crippen molar-refractivity contribution in [3.05, 3.63) is 54.1 Å². The average Bonchev–Trinajstić information content (AvgIpc) is 2.62. The van der Waals surface area contributed by atoms with Crippen LogP contribution in [0.3, 0.4) is 0 Å². The Morgan fingerprint density at radius 2 is 1.84 bits per heavy atom. The molecule has 0 saturated carbocycles. The Morgan fingerprint density at radius 1 is 1.08 bits per heavy atom. The highest BCUT2D eigenvalue weighted by Crippen LogP contribution is 2.17. The Bertz CT molecular complexity index is 746. The summed E-state index contributed by atoms with van der Waals surface area (Å²) in [5.41, 5.74) is 2.43. The molecule has 0 saturated heterocycles. The maximum atomic E-state index is 12.2. The van der Waals surface area contributed by atoms with E-state index in [1.54, 1.807) is 38.4 Å². The van der Waals surface area contributed by atoms with Gasteiger partial charge < -0.3 is 20.3 Å². The molecule has 0 fully saturated rings. The standard InChI is InChI=1S/C19H23N3O3/c1-4-14-8-5-6-11-17(14)21-18(23)13-22(2)19(24)20-15-9-7-10-16(12-15)25-3/h5-12H,4,13H2,1-3H3,(H,20,24)(H,21,23). The minimum absolute atomic E-state index is 0.0478. The highest BCUT2D eigenvalue weighted by atomic mass is 16.5. The lowest BCUT2D eigenvalue weighted by Crippen LogP contribution is -2.37. The zero-order valence-corrected chi connectivity index (χ0v) is 14.7. The van der Waals surface area contributed by atoms with Gasteiger partial charge in [0, 0.05) is 24.5 Å². The number of amides is 3. The molecule has 0 unspecified atom stereocenters. The number of nitrogens with one attached hydrogen (secondary N) is 2. The molecule has 2 N–H and O–H groups in total. The van der Waals surface area contributed by atoms with E-state index in [-0.39, 0.29) is 18.5 Å². The van der Waals surface area contributed by atoms with E-state index in [9.17, 15) is 9.59 Å². The number of nitrogens with zero attached hydrogens (tertiary/aromatic N) is 1. The molecule has 0 radical (unpaired) electrons. The van der Waals surface area contributed by atoms with E-state index in [1.165, 1.54) is 4.90 Å². The Labute approximate surface area is 147 Å². The highest BCUT2D eigenvalue weighted by molar-refractivity contribution is 5.97. The molecule has 2 rings (SSSR count). The van der Waals surface area contributed by atoms with Gasteiger partial charge in [-0.1, -0.05) is 31.2 Å². The van der Waals surface area contributed by atoms with Gasteiger partial charge in [0.05, 0.1) is 7.11 Å². The number of anilines is 2. The van der Waals surface area contributed by atoms with Gasteiger partial charge in [0.15, 0.2) is 0 Å². The fraction of sp³-hybridized carbons (Fsp3) is 0.263. The summed E-state index contributed by atoms with van der Waals surface area (Å²) >= 11 is 0. The molecule has 6 heteroatoms. The molecule has 0 spiro atoms. The number of ether oxygens (including phenoxy) is 1. The van der Waals surface area contributed by atoms with Gasteiger partial charge >= 0.3 is 6.03 Å². The summed E-state index contributed by atoms with van der Waals surface area (Å²) in [6.07, 6.45) is 0.822. The third kappa shape index (κ3) is 5.24. The summed E-state index contributed by atoms with van der Waals surface area (Å²) in [6.45, 7) is 1.98. The first-order chi connectivity index (χ1) is 12.0. The number of benzene rings is 2. The molecular formula is C19H23N3O3. The number of carbonyl (C=O) groups excluding carboxylic acids is 2. The first kappa shape index (κ1) is 18.3. The molecule has 0 aliphatic carbocycles. The van der Waals surface area contributed by atoms with Crippen molar-refractivity contribution in [2.75, 3.05) is 31.3 Å². The molecule has 0 bridgehead atoms. The van der Waals surface area contributed by atoms with Gasteiger partial charge in [-0.2, -0.15) is 0 Å². The number of hydrogen-bond donors (Lipinski definition) is 2. The normalized spacial score (nSPS) is 10.0. The van der Waals surface area contributed by atoms with Crippen molar-refractivity contribution in [3.63, 3.8) is 0 Å². The third-order valence-electron chi connectivity index (χ3n) is 3.72. The molecule has 3 amide bonds. The summed E-state index contributed by atoms with van der Waals surface area (Å²) in [5.74, 6) is 0.401. The molecule has 6 nitrogen and oxygen atoms in total. The van der Waals surface area contributed by atoms with Gasteiger partial charge in [-0.25, -0.2) is 4.79 Å². The van der Waals surface area contributed by atoms with Crippen molar-refractivity contribution in [3.8, 4) is 5.75 Å². The van der Waals surface area contributed by atoms with E-state index in [0.717, 1.165) is 17.7 Å². The van der Waals surface area contributed by atoms with Crippen molar-refractivity contribution in [1.82, 2.24) is 4.90 Å². The van der Waals surface area contributed by atoms with Crippen molar-refractivity contribution < 1.29 is 14.3 Å².